The smallest absolute Gasteiger partial charge is 0.0424 e. The van der Waals surface area contributed by atoms with E-state index in [1.165, 1.54) is 30.5 Å². The lowest BCUT2D eigenvalue weighted by Gasteiger charge is -2.27. The fraction of sp³-hybridized carbons (Fsp3) is 0.625. The maximum Gasteiger partial charge on any atom is 0.0424 e. The molecule has 0 spiro atoms. The van der Waals surface area contributed by atoms with Gasteiger partial charge >= 0.3 is 0 Å². The van der Waals surface area contributed by atoms with Crippen molar-refractivity contribution in [3.63, 3.8) is 0 Å². The van der Waals surface area contributed by atoms with E-state index in [-0.39, 0.29) is 6.04 Å². The summed E-state index contributed by atoms with van der Waals surface area (Å²) in [6.07, 6.45) is 2.65. The Morgan fingerprint density at radius 3 is 2.63 bits per heavy atom. The van der Waals surface area contributed by atoms with Gasteiger partial charge in [0, 0.05) is 25.2 Å². The number of benzene rings is 1. The molecule has 1 heterocycles. The van der Waals surface area contributed by atoms with Crippen molar-refractivity contribution in [2.75, 3.05) is 33.7 Å². The minimum Gasteiger partial charge on any atom is -0.323 e. The molecule has 0 aromatic heterocycles. The summed E-state index contributed by atoms with van der Waals surface area (Å²) in [5.41, 5.74) is 8.82. The van der Waals surface area contributed by atoms with Crippen LogP contribution in [-0.4, -0.2) is 49.6 Å². The molecule has 2 rings (SSSR count). The first-order chi connectivity index (χ1) is 9.06. The molecule has 1 saturated heterocycles. The molecule has 1 aliphatic rings. The van der Waals surface area contributed by atoms with Crippen LogP contribution in [0.1, 0.15) is 30.0 Å². The molecule has 1 fully saturated rings. The normalized spacial score (nSPS) is 22.1. The highest BCUT2D eigenvalue weighted by Crippen LogP contribution is 2.17. The van der Waals surface area contributed by atoms with Gasteiger partial charge in [0.15, 0.2) is 0 Å². The molecule has 0 saturated carbocycles. The third-order valence-corrected chi connectivity index (χ3v) is 4.21. The van der Waals surface area contributed by atoms with E-state index in [1.54, 1.807) is 0 Å². The lowest BCUT2D eigenvalue weighted by atomic mass is 10.1. The summed E-state index contributed by atoms with van der Waals surface area (Å²) in [5.74, 6) is 0. The van der Waals surface area contributed by atoms with Crippen LogP contribution < -0.4 is 5.73 Å². The van der Waals surface area contributed by atoms with Crippen molar-refractivity contribution in [2.45, 2.75) is 31.8 Å². The fourth-order valence-corrected chi connectivity index (χ4v) is 2.90. The summed E-state index contributed by atoms with van der Waals surface area (Å²) in [7, 11) is 4.41. The first kappa shape index (κ1) is 14.5. The molecular weight excluding hydrogens is 234 g/mol. The molecule has 0 radical (unpaired) electrons. The Hall–Kier alpha value is -0.900. The number of likely N-dealkylation sites (tertiary alicyclic amines) is 1. The van der Waals surface area contributed by atoms with Crippen LogP contribution in [0.2, 0.25) is 0 Å². The van der Waals surface area contributed by atoms with E-state index in [4.69, 9.17) is 5.73 Å². The third kappa shape index (κ3) is 4.03. The van der Waals surface area contributed by atoms with Crippen molar-refractivity contribution in [1.82, 2.24) is 9.80 Å². The number of likely N-dealkylation sites (N-methyl/N-ethyl adjacent to an activating group) is 2. The van der Waals surface area contributed by atoms with Gasteiger partial charge in [-0.25, -0.2) is 0 Å². The molecule has 3 nitrogen and oxygen atoms in total. The molecule has 0 amide bonds. The Morgan fingerprint density at radius 1 is 1.37 bits per heavy atom. The summed E-state index contributed by atoms with van der Waals surface area (Å²) >= 11 is 0. The second-order valence-electron chi connectivity index (χ2n) is 6.02. The molecule has 0 aliphatic carbocycles. The predicted octanol–water partition coefficient (Wildman–Crippen LogP) is 2.02. The molecule has 2 atom stereocenters. The summed E-state index contributed by atoms with van der Waals surface area (Å²) in [4.78, 5) is 4.84. The van der Waals surface area contributed by atoms with Crippen LogP contribution >= 0.6 is 0 Å². The van der Waals surface area contributed by atoms with E-state index >= 15 is 0 Å². The maximum absolute atomic E-state index is 6.30. The second kappa shape index (κ2) is 6.51. The molecule has 0 bridgehead atoms. The van der Waals surface area contributed by atoms with Crippen LogP contribution in [0, 0.1) is 6.92 Å². The van der Waals surface area contributed by atoms with Crippen molar-refractivity contribution in [3.05, 3.63) is 35.4 Å². The van der Waals surface area contributed by atoms with Gasteiger partial charge in [0.2, 0.25) is 0 Å². The summed E-state index contributed by atoms with van der Waals surface area (Å²) in [5, 5.41) is 0. The predicted molar refractivity (Wildman–Crippen MR) is 81.3 cm³/mol. The van der Waals surface area contributed by atoms with Crippen molar-refractivity contribution in [3.8, 4) is 0 Å². The minimum absolute atomic E-state index is 0.109. The maximum atomic E-state index is 6.30. The van der Waals surface area contributed by atoms with Crippen LogP contribution in [0.15, 0.2) is 24.3 Å². The third-order valence-electron chi connectivity index (χ3n) is 4.21. The van der Waals surface area contributed by atoms with Gasteiger partial charge in [-0.1, -0.05) is 29.8 Å². The average molecular weight is 261 g/mol. The fourth-order valence-electron chi connectivity index (χ4n) is 2.90. The zero-order valence-electron chi connectivity index (χ0n) is 12.5. The Kier molecular flexibility index (Phi) is 4.97. The van der Waals surface area contributed by atoms with Gasteiger partial charge < -0.3 is 15.5 Å². The van der Waals surface area contributed by atoms with Crippen molar-refractivity contribution >= 4 is 0 Å². The topological polar surface area (TPSA) is 32.5 Å². The highest BCUT2D eigenvalue weighted by molar-refractivity contribution is 5.24. The number of hydrogen-bond donors (Lipinski definition) is 1. The number of hydrogen-bond acceptors (Lipinski definition) is 3. The molecule has 2 N–H and O–H groups in total. The first-order valence-corrected chi connectivity index (χ1v) is 7.27. The Morgan fingerprint density at radius 2 is 2.05 bits per heavy atom. The minimum atomic E-state index is 0.109. The van der Waals surface area contributed by atoms with Crippen molar-refractivity contribution in [1.29, 1.82) is 0 Å². The van der Waals surface area contributed by atoms with Gasteiger partial charge in [0.1, 0.15) is 0 Å². The molecule has 1 aromatic rings. The Labute approximate surface area is 117 Å². The zero-order valence-corrected chi connectivity index (χ0v) is 12.5. The summed E-state index contributed by atoms with van der Waals surface area (Å²) in [6, 6.07) is 9.39. The van der Waals surface area contributed by atoms with Crippen molar-refractivity contribution < 1.29 is 0 Å². The molecule has 106 valence electrons. The molecular formula is C16H27N3. The van der Waals surface area contributed by atoms with Gasteiger partial charge in [-0.05, 0) is 46.0 Å². The van der Waals surface area contributed by atoms with Crippen LogP contribution in [0.5, 0.6) is 0 Å². The highest BCUT2D eigenvalue weighted by Gasteiger charge is 2.22. The van der Waals surface area contributed by atoms with Gasteiger partial charge in [-0.2, -0.15) is 0 Å². The Balaban J connectivity index is 1.84. The van der Waals surface area contributed by atoms with E-state index in [0.29, 0.717) is 6.04 Å². The summed E-state index contributed by atoms with van der Waals surface area (Å²) < 4.78 is 0. The average Bonchev–Trinajstić information content (AvgIpc) is 2.75. The monoisotopic (exact) mass is 261 g/mol. The van der Waals surface area contributed by atoms with E-state index in [9.17, 15) is 0 Å². The van der Waals surface area contributed by atoms with Crippen LogP contribution in [0.3, 0.4) is 0 Å². The number of nitrogens with two attached hydrogens (primary N) is 1. The number of rotatable bonds is 5. The number of aryl methyl sites for hydroxylation is 1. The largest absolute Gasteiger partial charge is 0.323 e. The number of nitrogens with zero attached hydrogens (tertiary/aromatic N) is 2. The lowest BCUT2D eigenvalue weighted by Crippen LogP contribution is -2.39. The molecule has 1 aromatic carbocycles. The van der Waals surface area contributed by atoms with Crippen LogP contribution in [0.4, 0.5) is 0 Å². The second-order valence-corrected chi connectivity index (χ2v) is 6.02. The molecule has 3 heteroatoms. The molecule has 1 aliphatic heterocycles. The standard InChI is InChI=1S/C16H27N3/c1-13-6-8-14(9-7-13)16(17)12-18(2)11-15-5-4-10-19(15)3/h6-9,15-16H,4-5,10-12,17H2,1-3H3. The van der Waals surface area contributed by atoms with Crippen LogP contribution in [0.25, 0.3) is 0 Å². The first-order valence-electron chi connectivity index (χ1n) is 7.27. The quantitative estimate of drug-likeness (QED) is 0.880. The van der Waals surface area contributed by atoms with Crippen molar-refractivity contribution in [2.24, 2.45) is 5.73 Å². The van der Waals surface area contributed by atoms with Crippen LogP contribution in [-0.2, 0) is 0 Å². The van der Waals surface area contributed by atoms with E-state index < -0.39 is 0 Å². The highest BCUT2D eigenvalue weighted by atomic mass is 15.2. The van der Waals surface area contributed by atoms with Gasteiger partial charge in [-0.3, -0.25) is 0 Å². The van der Waals surface area contributed by atoms with Gasteiger partial charge in [0.25, 0.3) is 0 Å². The van der Waals surface area contributed by atoms with E-state index in [2.05, 4.69) is 55.1 Å². The van der Waals surface area contributed by atoms with E-state index in [0.717, 1.165) is 13.1 Å². The Bertz CT molecular complexity index is 387. The lowest BCUT2D eigenvalue weighted by molar-refractivity contribution is 0.213. The molecule has 19 heavy (non-hydrogen) atoms. The summed E-state index contributed by atoms with van der Waals surface area (Å²) in [6.45, 7) is 5.39. The van der Waals surface area contributed by atoms with Gasteiger partial charge in [0.05, 0.1) is 0 Å². The zero-order chi connectivity index (χ0) is 13.8. The van der Waals surface area contributed by atoms with Gasteiger partial charge in [-0.15, -0.1) is 0 Å². The SMILES string of the molecule is Cc1ccc(C(N)CN(C)CC2CCCN2C)cc1. The molecule has 2 unspecified atom stereocenters. The van der Waals surface area contributed by atoms with E-state index in [1.807, 2.05) is 0 Å².